The third-order valence-electron chi connectivity index (χ3n) is 3.30. The molecule has 1 atom stereocenters. The van der Waals surface area contributed by atoms with Crippen molar-refractivity contribution in [3.05, 3.63) is 40.3 Å². The topological polar surface area (TPSA) is 71.2 Å². The summed E-state index contributed by atoms with van der Waals surface area (Å²) in [5.41, 5.74) is 8.05. The van der Waals surface area contributed by atoms with Crippen LogP contribution in [0.1, 0.15) is 17.6 Å². The lowest BCUT2D eigenvalue weighted by atomic mass is 10.2. The van der Waals surface area contributed by atoms with Gasteiger partial charge in [-0.05, 0) is 45.2 Å². The Morgan fingerprint density at radius 2 is 2.10 bits per heavy atom. The summed E-state index contributed by atoms with van der Waals surface area (Å²) in [4.78, 5) is 18.6. The third-order valence-corrected chi connectivity index (χ3v) is 4.12. The van der Waals surface area contributed by atoms with Gasteiger partial charge in [-0.3, -0.25) is 9.69 Å². The molecule has 1 heterocycles. The van der Waals surface area contributed by atoms with Gasteiger partial charge >= 0.3 is 0 Å². The fourth-order valence-electron chi connectivity index (χ4n) is 1.89. The van der Waals surface area contributed by atoms with Crippen LogP contribution < -0.4 is 11.1 Å². The summed E-state index contributed by atoms with van der Waals surface area (Å²) in [6.07, 6.45) is 0. The van der Waals surface area contributed by atoms with Crippen LogP contribution in [0.25, 0.3) is 0 Å². The third kappa shape index (κ3) is 4.27. The van der Waals surface area contributed by atoms with Gasteiger partial charge in [-0.1, -0.05) is 0 Å². The molecule has 0 saturated carbocycles. The highest BCUT2D eigenvalue weighted by atomic mass is 32.1. The summed E-state index contributed by atoms with van der Waals surface area (Å²) in [7, 11) is 1.92. The molecule has 0 radical (unpaired) electrons. The zero-order chi connectivity index (χ0) is 15.4. The number of nitrogens with one attached hydrogen (secondary N) is 1. The first-order valence-corrected chi connectivity index (χ1v) is 7.61. The van der Waals surface area contributed by atoms with Crippen LogP contribution in [0, 0.1) is 6.92 Å². The van der Waals surface area contributed by atoms with Gasteiger partial charge in [0.2, 0.25) is 5.91 Å². The van der Waals surface area contributed by atoms with Crippen molar-refractivity contribution in [1.82, 2.24) is 9.88 Å². The number of carbonyl (C=O) groups excluding carboxylic acids is 1. The SMILES string of the molecule is Cc1nc(CN(C)C(C)C(=O)Nc2ccc(N)cc2)cs1. The highest BCUT2D eigenvalue weighted by Gasteiger charge is 2.19. The first kappa shape index (κ1) is 15.5. The summed E-state index contributed by atoms with van der Waals surface area (Å²) in [6.45, 7) is 4.51. The molecule has 5 nitrogen and oxygen atoms in total. The fraction of sp³-hybridized carbons (Fsp3) is 0.333. The van der Waals surface area contributed by atoms with Crippen molar-refractivity contribution in [1.29, 1.82) is 0 Å². The Balaban J connectivity index is 1.93. The number of hydrogen-bond donors (Lipinski definition) is 2. The lowest BCUT2D eigenvalue weighted by molar-refractivity contribution is -0.120. The highest BCUT2D eigenvalue weighted by Crippen LogP contribution is 2.14. The van der Waals surface area contributed by atoms with Crippen molar-refractivity contribution in [2.45, 2.75) is 26.4 Å². The maximum absolute atomic E-state index is 12.2. The van der Waals surface area contributed by atoms with E-state index in [1.807, 2.05) is 31.2 Å². The van der Waals surface area contributed by atoms with E-state index >= 15 is 0 Å². The van der Waals surface area contributed by atoms with Gasteiger partial charge in [0, 0.05) is 23.3 Å². The Labute approximate surface area is 128 Å². The Morgan fingerprint density at radius 1 is 1.43 bits per heavy atom. The number of hydrogen-bond acceptors (Lipinski definition) is 5. The number of aromatic nitrogens is 1. The predicted molar refractivity (Wildman–Crippen MR) is 87.3 cm³/mol. The molecule has 0 aliphatic rings. The molecule has 6 heteroatoms. The van der Waals surface area contributed by atoms with Crippen molar-refractivity contribution < 1.29 is 4.79 Å². The molecule has 1 aromatic heterocycles. The lowest BCUT2D eigenvalue weighted by Gasteiger charge is -2.23. The van der Waals surface area contributed by atoms with Crippen molar-refractivity contribution in [3.8, 4) is 0 Å². The summed E-state index contributed by atoms with van der Waals surface area (Å²) >= 11 is 1.62. The monoisotopic (exact) mass is 304 g/mol. The van der Waals surface area contributed by atoms with E-state index in [9.17, 15) is 4.79 Å². The molecule has 0 fully saturated rings. The van der Waals surface area contributed by atoms with E-state index in [-0.39, 0.29) is 11.9 Å². The van der Waals surface area contributed by atoms with Crippen LogP contribution in [0.4, 0.5) is 11.4 Å². The van der Waals surface area contributed by atoms with Gasteiger partial charge in [-0.15, -0.1) is 11.3 Å². The maximum Gasteiger partial charge on any atom is 0.241 e. The lowest BCUT2D eigenvalue weighted by Crippen LogP contribution is -2.39. The van der Waals surface area contributed by atoms with Crippen LogP contribution in [0.5, 0.6) is 0 Å². The summed E-state index contributed by atoms with van der Waals surface area (Å²) in [6, 6.07) is 6.88. The zero-order valence-electron chi connectivity index (χ0n) is 12.5. The molecule has 1 amide bonds. The Morgan fingerprint density at radius 3 is 2.67 bits per heavy atom. The van der Waals surface area contributed by atoms with Crippen LogP contribution in [0.3, 0.4) is 0 Å². The van der Waals surface area contributed by atoms with E-state index in [2.05, 4.69) is 10.3 Å². The molecule has 1 unspecified atom stereocenters. The first-order chi connectivity index (χ1) is 9.95. The number of rotatable bonds is 5. The van der Waals surface area contributed by atoms with E-state index in [1.54, 1.807) is 35.6 Å². The van der Waals surface area contributed by atoms with Gasteiger partial charge in [0.15, 0.2) is 0 Å². The standard InChI is InChI=1S/C15H20N4OS/c1-10(19(3)8-14-9-21-11(2)17-14)15(20)18-13-6-4-12(16)5-7-13/h4-7,9-10H,8,16H2,1-3H3,(H,18,20). The molecule has 112 valence electrons. The van der Waals surface area contributed by atoms with E-state index < -0.39 is 0 Å². The van der Waals surface area contributed by atoms with Gasteiger partial charge < -0.3 is 11.1 Å². The normalized spacial score (nSPS) is 12.4. The number of aryl methyl sites for hydroxylation is 1. The Bertz CT molecular complexity index is 608. The number of benzene rings is 1. The molecule has 0 spiro atoms. The second-order valence-corrected chi connectivity index (χ2v) is 6.12. The van der Waals surface area contributed by atoms with Crippen LogP contribution in [-0.2, 0) is 11.3 Å². The quantitative estimate of drug-likeness (QED) is 0.833. The molecular weight excluding hydrogens is 284 g/mol. The number of amides is 1. The molecule has 21 heavy (non-hydrogen) atoms. The van der Waals surface area contributed by atoms with Crippen molar-refractivity contribution in [2.75, 3.05) is 18.1 Å². The molecule has 3 N–H and O–H groups in total. The number of nitrogen functional groups attached to an aromatic ring is 1. The van der Waals surface area contributed by atoms with Crippen LogP contribution in [0.2, 0.25) is 0 Å². The summed E-state index contributed by atoms with van der Waals surface area (Å²) in [5, 5.41) is 5.95. The molecule has 2 aromatic rings. The second kappa shape index (κ2) is 6.69. The first-order valence-electron chi connectivity index (χ1n) is 6.73. The fourth-order valence-corrected chi connectivity index (χ4v) is 2.49. The average molecular weight is 304 g/mol. The van der Waals surface area contributed by atoms with Gasteiger partial charge in [0.05, 0.1) is 16.7 Å². The molecule has 0 aliphatic heterocycles. The van der Waals surface area contributed by atoms with Crippen LogP contribution in [-0.4, -0.2) is 28.9 Å². The van der Waals surface area contributed by atoms with Gasteiger partial charge in [0.25, 0.3) is 0 Å². The zero-order valence-corrected chi connectivity index (χ0v) is 13.3. The molecular formula is C15H20N4OS. The van der Waals surface area contributed by atoms with Gasteiger partial charge in [-0.25, -0.2) is 4.98 Å². The number of nitrogens with two attached hydrogens (primary N) is 1. The van der Waals surface area contributed by atoms with Crippen LogP contribution in [0.15, 0.2) is 29.6 Å². The van der Waals surface area contributed by atoms with Crippen LogP contribution >= 0.6 is 11.3 Å². The van der Waals surface area contributed by atoms with E-state index in [0.29, 0.717) is 12.2 Å². The number of nitrogens with zero attached hydrogens (tertiary/aromatic N) is 2. The average Bonchev–Trinajstić information content (AvgIpc) is 2.85. The minimum Gasteiger partial charge on any atom is -0.399 e. The Kier molecular flexibility index (Phi) is 4.93. The molecule has 0 saturated heterocycles. The van der Waals surface area contributed by atoms with Gasteiger partial charge in [0.1, 0.15) is 0 Å². The predicted octanol–water partition coefficient (Wildman–Crippen LogP) is 2.49. The number of thiazole rings is 1. The van der Waals surface area contributed by atoms with Crippen molar-refractivity contribution in [3.63, 3.8) is 0 Å². The summed E-state index contributed by atoms with van der Waals surface area (Å²) < 4.78 is 0. The number of likely N-dealkylation sites (N-methyl/N-ethyl adjacent to an activating group) is 1. The van der Waals surface area contributed by atoms with Gasteiger partial charge in [-0.2, -0.15) is 0 Å². The number of anilines is 2. The molecule has 2 rings (SSSR count). The largest absolute Gasteiger partial charge is 0.399 e. The van der Waals surface area contributed by atoms with E-state index in [0.717, 1.165) is 16.4 Å². The molecule has 0 bridgehead atoms. The van der Waals surface area contributed by atoms with E-state index in [4.69, 9.17) is 5.73 Å². The highest BCUT2D eigenvalue weighted by molar-refractivity contribution is 7.09. The van der Waals surface area contributed by atoms with E-state index in [1.165, 1.54) is 0 Å². The molecule has 1 aromatic carbocycles. The minimum atomic E-state index is -0.246. The maximum atomic E-state index is 12.2. The Hall–Kier alpha value is -1.92. The van der Waals surface area contributed by atoms with Crippen molar-refractivity contribution >= 4 is 28.6 Å². The second-order valence-electron chi connectivity index (χ2n) is 5.06. The summed E-state index contributed by atoms with van der Waals surface area (Å²) in [5.74, 6) is -0.0470. The minimum absolute atomic E-state index is 0.0470. The smallest absolute Gasteiger partial charge is 0.241 e. The number of carbonyl (C=O) groups is 1. The molecule has 0 aliphatic carbocycles. The van der Waals surface area contributed by atoms with Crippen molar-refractivity contribution in [2.24, 2.45) is 0 Å².